The third-order valence-electron chi connectivity index (χ3n) is 9.56. The first kappa shape index (κ1) is 28.8. The first-order valence-electron chi connectivity index (χ1n) is 16.9. The molecule has 6 aromatic carbocycles. The van der Waals surface area contributed by atoms with Gasteiger partial charge in [0.15, 0.2) is 5.82 Å². The van der Waals surface area contributed by atoms with E-state index in [1.54, 1.807) is 0 Å². The van der Waals surface area contributed by atoms with E-state index in [0.717, 1.165) is 57.9 Å². The maximum absolute atomic E-state index is 5.31. The Bertz CT molecular complexity index is 2520. The molecular weight excluding hydrogens is 593 g/mol. The van der Waals surface area contributed by atoms with Crippen LogP contribution >= 0.6 is 0 Å². The Hall–Kier alpha value is -6.34. The fraction of sp³-hybridized carbons (Fsp3) is 0.0426. The molecule has 0 N–H and O–H groups in total. The van der Waals surface area contributed by atoms with Gasteiger partial charge in [0, 0.05) is 16.7 Å². The molecule has 0 spiro atoms. The van der Waals surface area contributed by atoms with Gasteiger partial charge in [0.25, 0.3) is 0 Å². The highest BCUT2D eigenvalue weighted by molar-refractivity contribution is 5.96. The average molecular weight is 625 g/mol. The quantitative estimate of drug-likeness (QED) is 0.172. The molecule has 2 aliphatic carbocycles. The van der Waals surface area contributed by atoms with Crippen LogP contribution in [0.1, 0.15) is 23.1 Å². The molecule has 230 valence electrons. The molecule has 9 rings (SSSR count). The van der Waals surface area contributed by atoms with Gasteiger partial charge in [-0.25, -0.2) is 9.97 Å². The van der Waals surface area contributed by atoms with Gasteiger partial charge in [0.05, 0.1) is 11.4 Å². The van der Waals surface area contributed by atoms with Crippen LogP contribution in [0.15, 0.2) is 170 Å². The minimum absolute atomic E-state index is 0.719. The fourth-order valence-electron chi connectivity index (χ4n) is 7.12. The third kappa shape index (κ3) is 5.55. The Morgan fingerprint density at radius 3 is 2.08 bits per heavy atom. The number of fused-ring (bicyclic) bond motifs is 2. The molecule has 1 heterocycles. The molecule has 1 aromatic heterocycles. The molecule has 2 heteroatoms. The molecule has 0 bridgehead atoms. The van der Waals surface area contributed by atoms with Crippen molar-refractivity contribution < 1.29 is 0 Å². The van der Waals surface area contributed by atoms with E-state index in [-0.39, 0.29) is 0 Å². The maximum Gasteiger partial charge on any atom is 0.160 e. The summed E-state index contributed by atoms with van der Waals surface area (Å²) in [4.78, 5) is 10.6. The highest BCUT2D eigenvalue weighted by Gasteiger charge is 2.17. The minimum Gasteiger partial charge on any atom is -0.228 e. The van der Waals surface area contributed by atoms with Crippen LogP contribution in [0.25, 0.3) is 78.6 Å². The predicted octanol–water partition coefficient (Wildman–Crippen LogP) is 12.0. The molecule has 2 aliphatic rings. The van der Waals surface area contributed by atoms with Gasteiger partial charge in [0.1, 0.15) is 0 Å². The van der Waals surface area contributed by atoms with Crippen molar-refractivity contribution in [1.82, 2.24) is 9.97 Å². The number of benzene rings is 6. The van der Waals surface area contributed by atoms with E-state index >= 15 is 0 Å². The standard InChI is InChI=1S/C47H32N2/c1-2-13-32(14-3-1)38-28-39(33-15-4-5-16-33)30-40(29-38)36-21-10-22-37(27-36)47-48-45(43-25-11-19-34-17-6-8-23-41(34)43)31-46(49-47)44-26-12-20-35-18-7-9-24-42(35)44/h1-4,6-8,10-23,25-31H,9,24H2. The molecule has 0 amide bonds. The molecule has 49 heavy (non-hydrogen) atoms. The average Bonchev–Trinajstić information content (AvgIpc) is 3.73. The largest absolute Gasteiger partial charge is 0.228 e. The van der Waals surface area contributed by atoms with Crippen molar-refractivity contribution in [2.75, 3.05) is 0 Å². The number of rotatable bonds is 6. The molecule has 0 atom stereocenters. The summed E-state index contributed by atoms with van der Waals surface area (Å²) in [5, 5.41) is 2.38. The van der Waals surface area contributed by atoms with E-state index in [1.165, 1.54) is 44.2 Å². The van der Waals surface area contributed by atoms with Crippen LogP contribution in [0, 0.1) is 0 Å². The third-order valence-corrected chi connectivity index (χ3v) is 9.56. The van der Waals surface area contributed by atoms with Crippen LogP contribution in [0.2, 0.25) is 0 Å². The summed E-state index contributed by atoms with van der Waals surface area (Å²) in [6.45, 7) is 0. The van der Waals surface area contributed by atoms with Crippen LogP contribution in [0.3, 0.4) is 0 Å². The molecule has 0 radical (unpaired) electrons. The zero-order valence-corrected chi connectivity index (χ0v) is 27.0. The molecule has 0 aliphatic heterocycles. The molecule has 7 aromatic rings. The van der Waals surface area contributed by atoms with Crippen molar-refractivity contribution in [3.8, 4) is 56.2 Å². The SMILES string of the molecule is C1=CC=C(c2cc(-c3ccccc3)cc(-c3cccc(-c4nc(-c5cccc6c5CCC=C6)cc(-c5cccc6ccccc56)n4)c3)c2)C=1. The van der Waals surface area contributed by atoms with Crippen LogP contribution in [-0.2, 0) is 6.42 Å². The topological polar surface area (TPSA) is 25.8 Å². The lowest BCUT2D eigenvalue weighted by Crippen LogP contribution is -2.01. The molecule has 0 saturated heterocycles. The van der Waals surface area contributed by atoms with E-state index in [2.05, 4.69) is 170 Å². The van der Waals surface area contributed by atoms with E-state index in [4.69, 9.17) is 9.97 Å². The van der Waals surface area contributed by atoms with E-state index in [0.29, 0.717) is 0 Å². The van der Waals surface area contributed by atoms with Gasteiger partial charge in [-0.2, -0.15) is 0 Å². The highest BCUT2D eigenvalue weighted by atomic mass is 14.9. The van der Waals surface area contributed by atoms with Crippen molar-refractivity contribution in [3.63, 3.8) is 0 Å². The Morgan fingerprint density at radius 1 is 0.531 bits per heavy atom. The minimum atomic E-state index is 0.719. The van der Waals surface area contributed by atoms with Gasteiger partial charge in [0.2, 0.25) is 0 Å². The Labute approximate surface area is 286 Å². The van der Waals surface area contributed by atoms with Crippen LogP contribution < -0.4 is 0 Å². The van der Waals surface area contributed by atoms with Crippen molar-refractivity contribution in [3.05, 3.63) is 186 Å². The van der Waals surface area contributed by atoms with Gasteiger partial charge in [-0.1, -0.05) is 121 Å². The lowest BCUT2D eigenvalue weighted by atomic mass is 9.90. The first-order valence-corrected chi connectivity index (χ1v) is 16.9. The Balaban J connectivity index is 1.22. The van der Waals surface area contributed by atoms with Gasteiger partial charge >= 0.3 is 0 Å². The monoisotopic (exact) mass is 624 g/mol. The second-order valence-corrected chi connectivity index (χ2v) is 12.6. The maximum atomic E-state index is 5.31. The zero-order chi connectivity index (χ0) is 32.6. The summed E-state index contributed by atoms with van der Waals surface area (Å²) in [6, 6.07) is 49.8. The van der Waals surface area contributed by atoms with E-state index in [1.807, 2.05) is 6.08 Å². The molecule has 0 saturated carbocycles. The van der Waals surface area contributed by atoms with Crippen molar-refractivity contribution in [2.24, 2.45) is 0 Å². The summed E-state index contributed by atoms with van der Waals surface area (Å²) in [6.07, 6.45) is 12.7. The van der Waals surface area contributed by atoms with Crippen LogP contribution in [0.5, 0.6) is 0 Å². The van der Waals surface area contributed by atoms with Crippen molar-refractivity contribution >= 4 is 22.4 Å². The Morgan fingerprint density at radius 2 is 1.20 bits per heavy atom. The summed E-state index contributed by atoms with van der Waals surface area (Å²) in [5.74, 6) is 0.719. The first-order chi connectivity index (χ1) is 24.3. The Kier molecular flexibility index (Phi) is 7.27. The van der Waals surface area contributed by atoms with Crippen molar-refractivity contribution in [2.45, 2.75) is 12.8 Å². The summed E-state index contributed by atoms with van der Waals surface area (Å²) >= 11 is 0. The summed E-state index contributed by atoms with van der Waals surface area (Å²) in [7, 11) is 0. The number of nitrogens with zero attached hydrogens (tertiary/aromatic N) is 2. The molecule has 0 unspecified atom stereocenters. The van der Waals surface area contributed by atoms with Gasteiger partial charge < -0.3 is 0 Å². The number of hydrogen-bond acceptors (Lipinski definition) is 2. The fourth-order valence-corrected chi connectivity index (χ4v) is 7.12. The summed E-state index contributed by atoms with van der Waals surface area (Å²) < 4.78 is 0. The lowest BCUT2D eigenvalue weighted by molar-refractivity contribution is 0.985. The summed E-state index contributed by atoms with van der Waals surface area (Å²) in [5.41, 5.74) is 18.0. The van der Waals surface area contributed by atoms with Gasteiger partial charge in [-0.15, -0.1) is 5.73 Å². The van der Waals surface area contributed by atoms with E-state index in [9.17, 15) is 0 Å². The van der Waals surface area contributed by atoms with Crippen LogP contribution in [0.4, 0.5) is 0 Å². The predicted molar refractivity (Wildman–Crippen MR) is 205 cm³/mol. The van der Waals surface area contributed by atoms with Gasteiger partial charge in [-0.05, 0) is 117 Å². The second-order valence-electron chi connectivity index (χ2n) is 12.6. The normalized spacial score (nSPS) is 13.1. The van der Waals surface area contributed by atoms with Crippen LogP contribution in [-0.4, -0.2) is 9.97 Å². The second kappa shape index (κ2) is 12.4. The molecule has 2 nitrogen and oxygen atoms in total. The van der Waals surface area contributed by atoms with E-state index < -0.39 is 0 Å². The molecular formula is C47H32N2. The lowest BCUT2D eigenvalue weighted by Gasteiger charge is -2.17. The van der Waals surface area contributed by atoms with Crippen molar-refractivity contribution in [1.29, 1.82) is 0 Å². The van der Waals surface area contributed by atoms with Gasteiger partial charge in [-0.3, -0.25) is 0 Å². The smallest absolute Gasteiger partial charge is 0.160 e. The number of allylic oxidation sites excluding steroid dienone is 4. The number of aromatic nitrogens is 2. The molecule has 0 fully saturated rings. The number of hydrogen-bond donors (Lipinski definition) is 0. The highest BCUT2D eigenvalue weighted by Crippen LogP contribution is 2.37. The zero-order valence-electron chi connectivity index (χ0n) is 27.0.